The van der Waals surface area contributed by atoms with Gasteiger partial charge >= 0.3 is 0 Å². The van der Waals surface area contributed by atoms with Gasteiger partial charge in [0.15, 0.2) is 0 Å². The fraction of sp³-hybridized carbons (Fsp3) is 0.105. The van der Waals surface area contributed by atoms with Crippen molar-refractivity contribution in [2.24, 2.45) is 0 Å². The molecule has 0 spiro atoms. The molecule has 0 aliphatic rings. The SMILES string of the molecule is COc1ccc(NC(=O)Cc2ccc(-n3cccc3)cc2)cc1. The average Bonchev–Trinajstić information content (AvgIpc) is 3.11. The molecular formula is C19H18N2O2. The summed E-state index contributed by atoms with van der Waals surface area (Å²) in [4.78, 5) is 12.1. The average molecular weight is 306 g/mol. The molecule has 23 heavy (non-hydrogen) atoms. The number of benzene rings is 2. The lowest BCUT2D eigenvalue weighted by Gasteiger charge is -2.07. The lowest BCUT2D eigenvalue weighted by atomic mass is 10.1. The van der Waals surface area contributed by atoms with Gasteiger partial charge < -0.3 is 14.6 Å². The van der Waals surface area contributed by atoms with Crippen LogP contribution in [0.1, 0.15) is 5.56 Å². The minimum atomic E-state index is -0.0381. The van der Waals surface area contributed by atoms with E-state index in [0.29, 0.717) is 6.42 Å². The van der Waals surface area contributed by atoms with Crippen LogP contribution in [0.4, 0.5) is 5.69 Å². The Balaban J connectivity index is 1.61. The van der Waals surface area contributed by atoms with E-state index in [0.717, 1.165) is 22.7 Å². The molecule has 0 bridgehead atoms. The normalized spacial score (nSPS) is 10.3. The number of carbonyl (C=O) groups excluding carboxylic acids is 1. The Morgan fingerprint density at radius 1 is 1.00 bits per heavy atom. The molecule has 0 aliphatic heterocycles. The van der Waals surface area contributed by atoms with Crippen molar-refractivity contribution in [2.75, 3.05) is 12.4 Å². The summed E-state index contributed by atoms with van der Waals surface area (Å²) in [6, 6.07) is 19.2. The highest BCUT2D eigenvalue weighted by molar-refractivity contribution is 5.92. The fourth-order valence-corrected chi connectivity index (χ4v) is 2.36. The molecule has 3 rings (SSSR count). The van der Waals surface area contributed by atoms with Gasteiger partial charge in [0.2, 0.25) is 5.91 Å². The predicted octanol–water partition coefficient (Wildman–Crippen LogP) is 3.67. The van der Waals surface area contributed by atoms with Crippen LogP contribution in [0, 0.1) is 0 Å². The number of carbonyl (C=O) groups is 1. The van der Waals surface area contributed by atoms with Crippen LogP contribution in [0.3, 0.4) is 0 Å². The molecule has 0 atom stereocenters. The van der Waals surface area contributed by atoms with Gasteiger partial charge in [-0.1, -0.05) is 12.1 Å². The summed E-state index contributed by atoms with van der Waals surface area (Å²) >= 11 is 0. The quantitative estimate of drug-likeness (QED) is 0.781. The van der Waals surface area contributed by atoms with Crippen LogP contribution in [0.25, 0.3) is 5.69 Å². The van der Waals surface area contributed by atoms with Crippen molar-refractivity contribution in [1.82, 2.24) is 4.57 Å². The van der Waals surface area contributed by atoms with E-state index in [1.807, 2.05) is 77.6 Å². The van der Waals surface area contributed by atoms with Crippen molar-refractivity contribution in [3.63, 3.8) is 0 Å². The maximum absolute atomic E-state index is 12.1. The summed E-state index contributed by atoms with van der Waals surface area (Å²) in [7, 11) is 1.62. The van der Waals surface area contributed by atoms with Gasteiger partial charge in [0.05, 0.1) is 13.5 Å². The van der Waals surface area contributed by atoms with Crippen LogP contribution in [0.15, 0.2) is 73.1 Å². The topological polar surface area (TPSA) is 43.3 Å². The van der Waals surface area contributed by atoms with E-state index in [1.165, 1.54) is 0 Å². The van der Waals surface area contributed by atoms with Gasteiger partial charge in [0.25, 0.3) is 0 Å². The minimum absolute atomic E-state index is 0.0381. The van der Waals surface area contributed by atoms with Crippen molar-refractivity contribution < 1.29 is 9.53 Å². The number of hydrogen-bond acceptors (Lipinski definition) is 2. The third kappa shape index (κ3) is 3.80. The van der Waals surface area contributed by atoms with Crippen molar-refractivity contribution in [3.05, 3.63) is 78.6 Å². The summed E-state index contributed by atoms with van der Waals surface area (Å²) in [5, 5.41) is 2.88. The molecule has 1 heterocycles. The van der Waals surface area contributed by atoms with Crippen LogP contribution in [-0.4, -0.2) is 17.6 Å². The van der Waals surface area contributed by atoms with Gasteiger partial charge in [-0.05, 0) is 54.1 Å². The molecule has 4 heteroatoms. The zero-order chi connectivity index (χ0) is 16.1. The molecule has 0 unspecified atom stereocenters. The second-order valence-corrected chi connectivity index (χ2v) is 5.21. The fourth-order valence-electron chi connectivity index (χ4n) is 2.36. The highest BCUT2D eigenvalue weighted by atomic mass is 16.5. The van der Waals surface area contributed by atoms with Gasteiger partial charge in [-0.15, -0.1) is 0 Å². The van der Waals surface area contributed by atoms with E-state index in [1.54, 1.807) is 7.11 Å². The van der Waals surface area contributed by atoms with E-state index in [9.17, 15) is 4.79 Å². The Hall–Kier alpha value is -3.01. The zero-order valence-corrected chi connectivity index (χ0v) is 12.9. The van der Waals surface area contributed by atoms with Crippen molar-refractivity contribution in [3.8, 4) is 11.4 Å². The summed E-state index contributed by atoms with van der Waals surface area (Å²) in [6.07, 6.45) is 4.33. The molecular weight excluding hydrogens is 288 g/mol. The Morgan fingerprint density at radius 2 is 1.65 bits per heavy atom. The molecule has 116 valence electrons. The van der Waals surface area contributed by atoms with E-state index < -0.39 is 0 Å². The highest BCUT2D eigenvalue weighted by Gasteiger charge is 2.05. The number of methoxy groups -OCH3 is 1. The Kier molecular flexibility index (Phi) is 4.43. The summed E-state index contributed by atoms with van der Waals surface area (Å²) in [5.74, 6) is 0.729. The standard InChI is InChI=1S/C19H18N2O2/c1-23-18-10-6-16(7-11-18)20-19(22)14-15-4-8-17(9-5-15)21-12-2-3-13-21/h2-13H,14H2,1H3,(H,20,22). The molecule has 1 N–H and O–H groups in total. The first kappa shape index (κ1) is 14.9. The first-order valence-electron chi connectivity index (χ1n) is 7.41. The molecule has 3 aromatic rings. The summed E-state index contributed by atoms with van der Waals surface area (Å²) in [6.45, 7) is 0. The molecule has 1 aromatic heterocycles. The third-order valence-electron chi connectivity index (χ3n) is 3.58. The van der Waals surface area contributed by atoms with Crippen LogP contribution in [0.2, 0.25) is 0 Å². The van der Waals surface area contributed by atoms with Crippen molar-refractivity contribution in [2.45, 2.75) is 6.42 Å². The summed E-state index contributed by atoms with van der Waals surface area (Å²) in [5.41, 5.74) is 2.82. The van der Waals surface area contributed by atoms with Gasteiger partial charge in [-0.2, -0.15) is 0 Å². The van der Waals surface area contributed by atoms with Crippen LogP contribution >= 0.6 is 0 Å². The molecule has 4 nitrogen and oxygen atoms in total. The largest absolute Gasteiger partial charge is 0.497 e. The summed E-state index contributed by atoms with van der Waals surface area (Å²) < 4.78 is 7.13. The van der Waals surface area contributed by atoms with Crippen molar-refractivity contribution in [1.29, 1.82) is 0 Å². The number of ether oxygens (including phenoxy) is 1. The Morgan fingerprint density at radius 3 is 2.26 bits per heavy atom. The first-order chi connectivity index (χ1) is 11.2. The monoisotopic (exact) mass is 306 g/mol. The van der Waals surface area contributed by atoms with Gasteiger partial charge in [0.1, 0.15) is 5.75 Å². The molecule has 0 fully saturated rings. The van der Waals surface area contributed by atoms with Gasteiger partial charge in [0, 0.05) is 23.8 Å². The highest BCUT2D eigenvalue weighted by Crippen LogP contribution is 2.16. The smallest absolute Gasteiger partial charge is 0.228 e. The van der Waals surface area contributed by atoms with Crippen LogP contribution in [0.5, 0.6) is 5.75 Å². The second-order valence-electron chi connectivity index (χ2n) is 5.21. The maximum Gasteiger partial charge on any atom is 0.228 e. The number of nitrogens with zero attached hydrogens (tertiary/aromatic N) is 1. The number of nitrogens with one attached hydrogen (secondary N) is 1. The maximum atomic E-state index is 12.1. The van der Waals surface area contributed by atoms with E-state index in [2.05, 4.69) is 5.32 Å². The number of rotatable bonds is 5. The molecule has 1 amide bonds. The first-order valence-corrected chi connectivity index (χ1v) is 7.41. The lowest BCUT2D eigenvalue weighted by Crippen LogP contribution is -2.14. The van der Waals surface area contributed by atoms with E-state index >= 15 is 0 Å². The third-order valence-corrected chi connectivity index (χ3v) is 3.58. The number of anilines is 1. The van der Waals surface area contributed by atoms with E-state index in [-0.39, 0.29) is 5.91 Å². The molecule has 2 aromatic carbocycles. The molecule has 0 saturated carbocycles. The number of amides is 1. The van der Waals surface area contributed by atoms with Gasteiger partial charge in [-0.3, -0.25) is 4.79 Å². The molecule has 0 saturated heterocycles. The van der Waals surface area contributed by atoms with Crippen molar-refractivity contribution >= 4 is 11.6 Å². The second kappa shape index (κ2) is 6.83. The molecule has 0 radical (unpaired) electrons. The number of aromatic nitrogens is 1. The Bertz CT molecular complexity index is 760. The minimum Gasteiger partial charge on any atom is -0.497 e. The zero-order valence-electron chi connectivity index (χ0n) is 12.9. The molecule has 0 aliphatic carbocycles. The lowest BCUT2D eigenvalue weighted by molar-refractivity contribution is -0.115. The van der Waals surface area contributed by atoms with Crippen LogP contribution < -0.4 is 10.1 Å². The number of hydrogen-bond donors (Lipinski definition) is 1. The van der Waals surface area contributed by atoms with Gasteiger partial charge in [-0.25, -0.2) is 0 Å². The van der Waals surface area contributed by atoms with Crippen LogP contribution in [-0.2, 0) is 11.2 Å². The van der Waals surface area contributed by atoms with E-state index in [4.69, 9.17) is 4.74 Å². The Labute approximate surface area is 135 Å². The predicted molar refractivity (Wildman–Crippen MR) is 91.1 cm³/mol.